The molecule has 0 radical (unpaired) electrons. The van der Waals surface area contributed by atoms with E-state index in [1.54, 1.807) is 29.4 Å². The van der Waals surface area contributed by atoms with E-state index in [4.69, 9.17) is 9.47 Å². The summed E-state index contributed by atoms with van der Waals surface area (Å²) in [7, 11) is -3.53. The van der Waals surface area contributed by atoms with Gasteiger partial charge in [0.05, 0.1) is 11.5 Å². The van der Waals surface area contributed by atoms with Crippen LogP contribution in [-0.2, 0) is 26.0 Å². The Morgan fingerprint density at radius 2 is 2.04 bits per heavy atom. The molecule has 0 aromatic heterocycles. The SMILES string of the molecule is CCNCC1CCN(S(=O)(=O)c2ccc3c(c2)CC(C(=O)OCC)O3)CC1. The smallest absolute Gasteiger partial charge is 0.347 e. The third kappa shape index (κ3) is 4.44. The van der Waals surface area contributed by atoms with Gasteiger partial charge in [-0.2, -0.15) is 4.31 Å². The highest BCUT2D eigenvalue weighted by atomic mass is 32.2. The van der Waals surface area contributed by atoms with Crippen molar-refractivity contribution in [2.24, 2.45) is 5.92 Å². The van der Waals surface area contributed by atoms with Crippen LogP contribution in [0.3, 0.4) is 0 Å². The highest BCUT2D eigenvalue weighted by Gasteiger charge is 2.33. The Hall–Kier alpha value is -1.64. The summed E-state index contributed by atoms with van der Waals surface area (Å²) in [6, 6.07) is 4.83. The quantitative estimate of drug-likeness (QED) is 0.704. The molecule has 1 N–H and O–H groups in total. The molecule has 1 fully saturated rings. The van der Waals surface area contributed by atoms with Crippen LogP contribution in [0.25, 0.3) is 0 Å². The molecule has 2 aliphatic heterocycles. The lowest BCUT2D eigenvalue weighted by Crippen LogP contribution is -2.40. The third-order valence-electron chi connectivity index (χ3n) is 5.15. The summed E-state index contributed by atoms with van der Waals surface area (Å²) in [4.78, 5) is 12.1. The van der Waals surface area contributed by atoms with Crippen molar-refractivity contribution in [1.82, 2.24) is 9.62 Å². The zero-order chi connectivity index (χ0) is 19.4. The summed E-state index contributed by atoms with van der Waals surface area (Å²) >= 11 is 0. The van der Waals surface area contributed by atoms with E-state index >= 15 is 0 Å². The number of carbonyl (C=O) groups excluding carboxylic acids is 1. The number of fused-ring (bicyclic) bond motifs is 1. The lowest BCUT2D eigenvalue weighted by molar-refractivity contribution is -0.150. The van der Waals surface area contributed by atoms with E-state index < -0.39 is 22.1 Å². The highest BCUT2D eigenvalue weighted by Crippen LogP contribution is 2.33. The first-order valence-electron chi connectivity index (χ1n) is 9.62. The van der Waals surface area contributed by atoms with Crippen LogP contribution in [0.1, 0.15) is 32.3 Å². The first kappa shape index (κ1) is 20.1. The highest BCUT2D eigenvalue weighted by molar-refractivity contribution is 7.89. The van der Waals surface area contributed by atoms with Crippen LogP contribution in [-0.4, -0.2) is 57.6 Å². The summed E-state index contributed by atoms with van der Waals surface area (Å²) in [5.41, 5.74) is 0.733. The van der Waals surface area contributed by atoms with Gasteiger partial charge < -0.3 is 14.8 Å². The predicted octanol–water partition coefficient (Wildman–Crippen LogP) is 1.56. The Bertz CT molecular complexity index is 772. The minimum Gasteiger partial charge on any atom is -0.478 e. The summed E-state index contributed by atoms with van der Waals surface area (Å²) < 4.78 is 38.2. The summed E-state index contributed by atoms with van der Waals surface area (Å²) in [5, 5.41) is 3.33. The number of rotatable bonds is 7. The lowest BCUT2D eigenvalue weighted by atomic mass is 9.98. The van der Waals surface area contributed by atoms with Crippen LogP contribution in [0.2, 0.25) is 0 Å². The monoisotopic (exact) mass is 396 g/mol. The molecule has 1 aromatic carbocycles. The molecule has 2 heterocycles. The molecule has 2 aliphatic rings. The first-order chi connectivity index (χ1) is 13.0. The standard InChI is InChI=1S/C19H28N2O5S/c1-3-20-13-14-7-9-21(10-8-14)27(23,24)16-5-6-17-15(11-16)12-18(26-17)19(22)25-4-2/h5-6,11,14,18,20H,3-4,7-10,12-13H2,1-2H3. The number of benzene rings is 1. The molecule has 0 amide bonds. The molecule has 1 aromatic rings. The second-order valence-corrected chi connectivity index (χ2v) is 8.93. The molecule has 0 aliphatic carbocycles. The fraction of sp³-hybridized carbons (Fsp3) is 0.632. The van der Waals surface area contributed by atoms with E-state index in [0.29, 0.717) is 37.8 Å². The van der Waals surface area contributed by atoms with Crippen molar-refractivity contribution >= 4 is 16.0 Å². The molecule has 8 heteroatoms. The van der Waals surface area contributed by atoms with E-state index in [1.165, 1.54) is 0 Å². The summed E-state index contributed by atoms with van der Waals surface area (Å²) in [6.45, 7) is 7.06. The van der Waals surface area contributed by atoms with E-state index in [-0.39, 0.29) is 4.90 Å². The maximum absolute atomic E-state index is 13.0. The predicted molar refractivity (Wildman–Crippen MR) is 101 cm³/mol. The Labute approximate surface area is 161 Å². The maximum atomic E-state index is 13.0. The second kappa shape index (κ2) is 8.58. The van der Waals surface area contributed by atoms with Crippen molar-refractivity contribution in [3.63, 3.8) is 0 Å². The Kier molecular flexibility index (Phi) is 6.39. The molecule has 27 heavy (non-hydrogen) atoms. The molecular weight excluding hydrogens is 368 g/mol. The number of nitrogens with zero attached hydrogens (tertiary/aromatic N) is 1. The van der Waals surface area contributed by atoms with E-state index in [1.807, 2.05) is 0 Å². The molecule has 1 atom stereocenters. The van der Waals surface area contributed by atoms with Crippen molar-refractivity contribution in [1.29, 1.82) is 0 Å². The van der Waals surface area contributed by atoms with Gasteiger partial charge in [0.25, 0.3) is 0 Å². The minimum atomic E-state index is -3.53. The molecule has 7 nitrogen and oxygen atoms in total. The maximum Gasteiger partial charge on any atom is 0.347 e. The van der Waals surface area contributed by atoms with Gasteiger partial charge in [-0.1, -0.05) is 6.92 Å². The first-order valence-corrected chi connectivity index (χ1v) is 11.1. The van der Waals surface area contributed by atoms with Crippen molar-refractivity contribution in [2.75, 3.05) is 32.8 Å². The molecule has 3 rings (SSSR count). The fourth-order valence-corrected chi connectivity index (χ4v) is 5.12. The largest absolute Gasteiger partial charge is 0.478 e. The third-order valence-corrected chi connectivity index (χ3v) is 7.04. The molecule has 0 saturated carbocycles. The zero-order valence-electron chi connectivity index (χ0n) is 15.9. The van der Waals surface area contributed by atoms with Crippen molar-refractivity contribution in [3.8, 4) is 5.75 Å². The number of nitrogens with one attached hydrogen (secondary N) is 1. The van der Waals surface area contributed by atoms with Gasteiger partial charge in [0.2, 0.25) is 10.0 Å². The van der Waals surface area contributed by atoms with Gasteiger partial charge in [0, 0.05) is 19.5 Å². The van der Waals surface area contributed by atoms with Gasteiger partial charge in [0.1, 0.15) is 5.75 Å². The fourth-order valence-electron chi connectivity index (χ4n) is 3.60. The Morgan fingerprint density at radius 1 is 1.30 bits per heavy atom. The minimum absolute atomic E-state index is 0.263. The van der Waals surface area contributed by atoms with Gasteiger partial charge >= 0.3 is 5.97 Å². The van der Waals surface area contributed by atoms with Gasteiger partial charge in [-0.15, -0.1) is 0 Å². The molecule has 1 saturated heterocycles. The number of hydrogen-bond donors (Lipinski definition) is 1. The lowest BCUT2D eigenvalue weighted by Gasteiger charge is -2.31. The van der Waals surface area contributed by atoms with Crippen molar-refractivity contribution in [2.45, 2.75) is 44.1 Å². The summed E-state index contributed by atoms with van der Waals surface area (Å²) in [6.07, 6.45) is 1.37. The van der Waals surface area contributed by atoms with E-state index in [0.717, 1.165) is 31.5 Å². The summed E-state index contributed by atoms with van der Waals surface area (Å²) in [5.74, 6) is 0.660. The van der Waals surface area contributed by atoms with Gasteiger partial charge in [-0.05, 0) is 62.5 Å². The average molecular weight is 397 g/mol. The number of sulfonamides is 1. The number of ether oxygens (including phenoxy) is 2. The number of piperidine rings is 1. The van der Waals surface area contributed by atoms with E-state index in [2.05, 4.69) is 12.2 Å². The van der Waals surface area contributed by atoms with Gasteiger partial charge in [0.15, 0.2) is 6.10 Å². The Balaban J connectivity index is 1.67. The molecule has 150 valence electrons. The van der Waals surface area contributed by atoms with Crippen molar-refractivity contribution in [3.05, 3.63) is 23.8 Å². The molecular formula is C19H28N2O5S. The second-order valence-electron chi connectivity index (χ2n) is 6.99. The average Bonchev–Trinajstić information content (AvgIpc) is 3.10. The van der Waals surface area contributed by atoms with Gasteiger partial charge in [-0.25, -0.2) is 13.2 Å². The van der Waals surface area contributed by atoms with E-state index in [9.17, 15) is 13.2 Å². The van der Waals surface area contributed by atoms with Crippen LogP contribution in [0, 0.1) is 5.92 Å². The van der Waals surface area contributed by atoms with Crippen LogP contribution in [0.15, 0.2) is 23.1 Å². The topological polar surface area (TPSA) is 84.9 Å². The number of hydrogen-bond acceptors (Lipinski definition) is 6. The van der Waals surface area contributed by atoms with Crippen LogP contribution < -0.4 is 10.1 Å². The molecule has 0 spiro atoms. The van der Waals surface area contributed by atoms with Crippen LogP contribution >= 0.6 is 0 Å². The molecule has 1 unspecified atom stereocenters. The number of carbonyl (C=O) groups is 1. The normalized spacial score (nSPS) is 20.9. The number of esters is 1. The van der Waals surface area contributed by atoms with Crippen LogP contribution in [0.5, 0.6) is 5.75 Å². The Morgan fingerprint density at radius 3 is 2.70 bits per heavy atom. The zero-order valence-corrected chi connectivity index (χ0v) is 16.8. The molecule has 0 bridgehead atoms. The van der Waals surface area contributed by atoms with Crippen LogP contribution in [0.4, 0.5) is 0 Å². The van der Waals surface area contributed by atoms with Crippen molar-refractivity contribution < 1.29 is 22.7 Å². The van der Waals surface area contributed by atoms with Gasteiger partial charge in [-0.3, -0.25) is 0 Å².